The molecule has 0 bridgehead atoms. The van der Waals surface area contributed by atoms with Crippen LogP contribution in [-0.4, -0.2) is 27.1 Å². The van der Waals surface area contributed by atoms with Crippen LogP contribution in [0.1, 0.15) is 23.2 Å². The SMILES string of the molecule is NCc1[nH]cc(CCC(=O)O)[13c]1CC(=O)O. The number of aryl methyl sites for hydroxylation is 1. The Bertz CT molecular complexity index is 398. The van der Waals surface area contributed by atoms with Gasteiger partial charge in [0, 0.05) is 24.9 Å². The van der Waals surface area contributed by atoms with Crippen molar-refractivity contribution in [3.63, 3.8) is 0 Å². The number of carbonyl (C=O) groups is 2. The summed E-state index contributed by atoms with van der Waals surface area (Å²) in [7, 11) is 0. The van der Waals surface area contributed by atoms with E-state index in [-0.39, 0.29) is 19.4 Å². The van der Waals surface area contributed by atoms with E-state index >= 15 is 0 Å². The largest absolute Gasteiger partial charge is 0.481 e. The smallest absolute Gasteiger partial charge is 0.307 e. The van der Waals surface area contributed by atoms with Gasteiger partial charge >= 0.3 is 11.9 Å². The molecule has 0 aliphatic rings. The molecule has 0 saturated heterocycles. The lowest BCUT2D eigenvalue weighted by molar-refractivity contribution is -0.137. The summed E-state index contributed by atoms with van der Waals surface area (Å²) in [5, 5.41) is 17.3. The fourth-order valence-electron chi connectivity index (χ4n) is 1.56. The summed E-state index contributed by atoms with van der Waals surface area (Å²) in [5.41, 5.74) is 7.43. The van der Waals surface area contributed by atoms with E-state index in [9.17, 15) is 9.59 Å². The zero-order chi connectivity index (χ0) is 12.1. The van der Waals surface area contributed by atoms with Crippen molar-refractivity contribution in [3.8, 4) is 0 Å². The molecule has 0 aromatic carbocycles. The minimum Gasteiger partial charge on any atom is -0.481 e. The molecular weight excluding hydrogens is 213 g/mol. The molecule has 0 aliphatic carbocycles. The van der Waals surface area contributed by atoms with Crippen LogP contribution in [0.2, 0.25) is 0 Å². The van der Waals surface area contributed by atoms with Crippen LogP contribution in [-0.2, 0) is 29.0 Å². The predicted octanol–water partition coefficient (Wildman–Crippen LogP) is 0.118. The molecule has 5 N–H and O–H groups in total. The van der Waals surface area contributed by atoms with Gasteiger partial charge in [-0.25, -0.2) is 0 Å². The maximum atomic E-state index is 10.7. The van der Waals surface area contributed by atoms with Crippen molar-refractivity contribution in [2.45, 2.75) is 25.8 Å². The van der Waals surface area contributed by atoms with Crippen LogP contribution >= 0.6 is 0 Å². The third kappa shape index (κ3) is 3.09. The van der Waals surface area contributed by atoms with Crippen molar-refractivity contribution in [1.82, 2.24) is 4.98 Å². The molecule has 1 heterocycles. The van der Waals surface area contributed by atoms with E-state index in [4.69, 9.17) is 15.9 Å². The van der Waals surface area contributed by atoms with E-state index in [1.54, 1.807) is 6.20 Å². The second kappa shape index (κ2) is 5.32. The number of hydrogen-bond donors (Lipinski definition) is 4. The summed E-state index contributed by atoms with van der Waals surface area (Å²) in [6.45, 7) is 0.218. The van der Waals surface area contributed by atoms with Gasteiger partial charge in [0.25, 0.3) is 0 Å². The number of aliphatic carboxylic acids is 2. The lowest BCUT2D eigenvalue weighted by Gasteiger charge is -2.02. The Hall–Kier alpha value is -1.82. The van der Waals surface area contributed by atoms with Gasteiger partial charge in [-0.15, -0.1) is 0 Å². The minimum atomic E-state index is -0.953. The molecule has 0 atom stereocenters. The van der Waals surface area contributed by atoms with Crippen molar-refractivity contribution < 1.29 is 19.8 Å². The number of hydrogen-bond acceptors (Lipinski definition) is 3. The van der Waals surface area contributed by atoms with Crippen LogP contribution in [0.5, 0.6) is 0 Å². The van der Waals surface area contributed by atoms with E-state index in [0.29, 0.717) is 23.2 Å². The van der Waals surface area contributed by atoms with Gasteiger partial charge in [0.15, 0.2) is 0 Å². The highest BCUT2D eigenvalue weighted by Gasteiger charge is 2.14. The van der Waals surface area contributed by atoms with Gasteiger partial charge < -0.3 is 20.9 Å². The molecule has 1 rings (SSSR count). The molecule has 0 radical (unpaired) electrons. The molecular formula is C10H14N2O4. The first-order chi connectivity index (χ1) is 7.54. The predicted molar refractivity (Wildman–Crippen MR) is 56.0 cm³/mol. The Kier molecular flexibility index (Phi) is 4.07. The Labute approximate surface area is 92.1 Å². The molecule has 6 heteroatoms. The van der Waals surface area contributed by atoms with E-state index in [2.05, 4.69) is 4.98 Å². The fourth-order valence-corrected chi connectivity index (χ4v) is 1.56. The Morgan fingerprint density at radius 3 is 2.50 bits per heavy atom. The van der Waals surface area contributed by atoms with Gasteiger partial charge in [-0.1, -0.05) is 0 Å². The van der Waals surface area contributed by atoms with Crippen molar-refractivity contribution in [3.05, 3.63) is 23.0 Å². The van der Waals surface area contributed by atoms with Gasteiger partial charge in [-0.2, -0.15) is 0 Å². The monoisotopic (exact) mass is 227 g/mol. The van der Waals surface area contributed by atoms with Crippen LogP contribution in [0.4, 0.5) is 0 Å². The third-order valence-corrected chi connectivity index (χ3v) is 2.31. The molecule has 6 nitrogen and oxygen atoms in total. The highest BCUT2D eigenvalue weighted by Crippen LogP contribution is 2.16. The number of H-pyrrole nitrogens is 1. The standard InChI is InChI=1S/C10H14N2O4/c11-4-8-7(3-10(15)16)6(5-12-8)1-2-9(13)14/h5,12H,1-4,11H2,(H,13,14)(H,15,16)/i7+1. The lowest BCUT2D eigenvalue weighted by atomic mass is 10.2. The normalized spacial score (nSPS) is 10.3. The summed E-state index contributed by atoms with van der Waals surface area (Å²) in [4.78, 5) is 24.0. The molecule has 0 aliphatic heterocycles. The number of aromatic amines is 1. The number of carboxylic acid groups (broad SMARTS) is 2. The Morgan fingerprint density at radius 1 is 1.31 bits per heavy atom. The van der Waals surface area contributed by atoms with Crippen LogP contribution in [0.25, 0.3) is 0 Å². The first-order valence-electron chi connectivity index (χ1n) is 4.86. The van der Waals surface area contributed by atoms with Crippen molar-refractivity contribution in [1.29, 1.82) is 0 Å². The van der Waals surface area contributed by atoms with E-state index in [1.807, 2.05) is 0 Å². The fraction of sp³-hybridized carbons (Fsp3) is 0.400. The highest BCUT2D eigenvalue weighted by atomic mass is 16.4. The first kappa shape index (κ1) is 12.3. The zero-order valence-electron chi connectivity index (χ0n) is 8.69. The molecule has 16 heavy (non-hydrogen) atoms. The number of nitrogens with one attached hydrogen (secondary N) is 1. The van der Waals surface area contributed by atoms with E-state index in [1.165, 1.54) is 0 Å². The number of carboxylic acids is 2. The lowest BCUT2D eigenvalue weighted by Crippen LogP contribution is -2.08. The molecule has 88 valence electrons. The highest BCUT2D eigenvalue weighted by molar-refractivity contribution is 5.71. The quantitative estimate of drug-likeness (QED) is 0.550. The molecule has 0 saturated carbocycles. The van der Waals surface area contributed by atoms with Crippen LogP contribution in [0, 0.1) is 0 Å². The van der Waals surface area contributed by atoms with Gasteiger partial charge in [-0.3, -0.25) is 9.59 Å². The topological polar surface area (TPSA) is 116 Å². The number of nitrogens with two attached hydrogens (primary N) is 1. The summed E-state index contributed by atoms with van der Waals surface area (Å²) in [6.07, 6.45) is 1.79. The molecule has 0 unspecified atom stereocenters. The first-order valence-corrected chi connectivity index (χ1v) is 4.86. The number of aromatic nitrogens is 1. The maximum Gasteiger partial charge on any atom is 0.307 e. The van der Waals surface area contributed by atoms with Crippen molar-refractivity contribution >= 4 is 11.9 Å². The summed E-state index contributed by atoms with van der Waals surface area (Å²) in [5.74, 6) is -1.86. The van der Waals surface area contributed by atoms with Crippen LogP contribution in [0.15, 0.2) is 6.20 Å². The van der Waals surface area contributed by atoms with Crippen molar-refractivity contribution in [2.75, 3.05) is 0 Å². The second-order valence-corrected chi connectivity index (χ2v) is 3.44. The third-order valence-electron chi connectivity index (χ3n) is 2.31. The Balaban J connectivity index is 2.86. The van der Waals surface area contributed by atoms with Crippen LogP contribution < -0.4 is 5.73 Å². The van der Waals surface area contributed by atoms with Gasteiger partial charge in [0.1, 0.15) is 0 Å². The summed E-state index contributed by atoms with van der Waals surface area (Å²) in [6, 6.07) is 0. The van der Waals surface area contributed by atoms with Gasteiger partial charge in [0.05, 0.1) is 6.42 Å². The molecule has 0 spiro atoms. The number of rotatable bonds is 6. The molecule has 0 fully saturated rings. The van der Waals surface area contributed by atoms with E-state index < -0.39 is 11.9 Å². The molecule has 1 aromatic rings. The summed E-state index contributed by atoms with van der Waals surface area (Å²) < 4.78 is 0. The van der Waals surface area contributed by atoms with E-state index in [0.717, 1.165) is 0 Å². The van der Waals surface area contributed by atoms with Gasteiger partial charge in [-0.05, 0) is 17.5 Å². The molecule has 0 amide bonds. The maximum absolute atomic E-state index is 10.7. The second-order valence-electron chi connectivity index (χ2n) is 3.44. The van der Waals surface area contributed by atoms with Gasteiger partial charge in [0.2, 0.25) is 0 Å². The average Bonchev–Trinajstić information content (AvgIpc) is 2.56. The van der Waals surface area contributed by atoms with Crippen molar-refractivity contribution in [2.24, 2.45) is 5.73 Å². The Morgan fingerprint density at radius 2 is 2.00 bits per heavy atom. The van der Waals surface area contributed by atoms with Crippen LogP contribution in [0.3, 0.4) is 0 Å². The zero-order valence-corrected chi connectivity index (χ0v) is 8.69. The minimum absolute atomic E-state index is 0.0194. The average molecular weight is 227 g/mol. The molecule has 1 aromatic heterocycles. The summed E-state index contributed by atoms with van der Waals surface area (Å²) >= 11 is 0.